The van der Waals surface area contributed by atoms with E-state index in [-0.39, 0.29) is 45.9 Å². The van der Waals surface area contributed by atoms with E-state index in [0.717, 1.165) is 37.7 Å². The van der Waals surface area contributed by atoms with Crippen LogP contribution >= 0.6 is 39.0 Å². The summed E-state index contributed by atoms with van der Waals surface area (Å²) in [6, 6.07) is 15.7. The van der Waals surface area contributed by atoms with Crippen molar-refractivity contribution < 1.29 is 37.4 Å². The molecule has 7 atom stereocenters. The second kappa shape index (κ2) is 11.8. The van der Waals surface area contributed by atoms with Gasteiger partial charge in [0.1, 0.15) is 11.5 Å². The number of alkyl halides is 3. The number of thiazole rings is 1. The molecule has 8 rings (SSSR count). The first-order valence-electron chi connectivity index (χ1n) is 15.3. The van der Waals surface area contributed by atoms with Gasteiger partial charge in [-0.3, -0.25) is 24.1 Å². The van der Waals surface area contributed by atoms with Crippen molar-refractivity contribution in [2.24, 2.45) is 29.6 Å². The number of fused-ring (bicyclic) bond motifs is 9. The molecule has 252 valence electrons. The van der Waals surface area contributed by atoms with Crippen molar-refractivity contribution in [3.05, 3.63) is 96.9 Å². The molecule has 3 heterocycles. The number of benzene rings is 3. The minimum absolute atomic E-state index is 0.0584. The SMILES string of the molecule is O=C(COc1ccc(Br)cc1[C@@H]1c2sc(=O)[nH]c2S[C@@H]2[C@@H]3C[C@@H]([C@@H]4C(=O)N(c5cccc(C(F)(F)F)c5)C(=O)[C@@H]34)[C@H]12)Nc1ccc(O)cc1. The highest BCUT2D eigenvalue weighted by Gasteiger charge is 2.70. The number of phenolic OH excluding ortho intramolecular Hbond substituents is 1. The molecular formula is C34H25BrF3N3O6S2. The van der Waals surface area contributed by atoms with Crippen LogP contribution in [-0.2, 0) is 20.6 Å². The summed E-state index contributed by atoms with van der Waals surface area (Å²) in [5, 5.41) is 12.8. The van der Waals surface area contributed by atoms with E-state index in [1.807, 2.05) is 6.07 Å². The number of imide groups is 1. The number of rotatable bonds is 6. The Labute approximate surface area is 293 Å². The third-order valence-electron chi connectivity index (χ3n) is 9.97. The molecule has 15 heteroatoms. The zero-order valence-corrected chi connectivity index (χ0v) is 28.3. The van der Waals surface area contributed by atoms with Gasteiger partial charge in [-0.25, -0.2) is 0 Å². The Bertz CT molecular complexity index is 2090. The van der Waals surface area contributed by atoms with Crippen LogP contribution in [0.25, 0.3) is 0 Å². The van der Waals surface area contributed by atoms with Gasteiger partial charge in [0.25, 0.3) is 5.91 Å². The molecule has 2 saturated carbocycles. The zero-order chi connectivity index (χ0) is 34.4. The molecule has 3 N–H and O–H groups in total. The van der Waals surface area contributed by atoms with E-state index in [1.54, 1.807) is 24.3 Å². The van der Waals surface area contributed by atoms with Gasteiger partial charge in [-0.15, -0.1) is 11.8 Å². The monoisotopic (exact) mass is 771 g/mol. The van der Waals surface area contributed by atoms with Gasteiger partial charge in [-0.2, -0.15) is 13.2 Å². The second-order valence-electron chi connectivity index (χ2n) is 12.6. The average Bonchev–Trinajstić information content (AvgIpc) is 3.80. The van der Waals surface area contributed by atoms with Gasteiger partial charge in [0.15, 0.2) is 6.61 Å². The Morgan fingerprint density at radius 3 is 2.49 bits per heavy atom. The van der Waals surface area contributed by atoms with Gasteiger partial charge in [0, 0.05) is 31.8 Å². The normalized spacial score (nSPS) is 26.8. The predicted molar refractivity (Wildman–Crippen MR) is 179 cm³/mol. The Balaban J connectivity index is 1.13. The number of carbonyl (C=O) groups excluding carboxylic acids is 3. The first kappa shape index (κ1) is 32.1. The van der Waals surface area contributed by atoms with E-state index < -0.39 is 47.2 Å². The quantitative estimate of drug-likeness (QED) is 0.149. The van der Waals surface area contributed by atoms with Gasteiger partial charge >= 0.3 is 11.0 Å². The summed E-state index contributed by atoms with van der Waals surface area (Å²) >= 11 is 6.11. The van der Waals surface area contributed by atoms with Crippen LogP contribution in [0.3, 0.4) is 0 Å². The number of nitrogens with zero attached hydrogens (tertiary/aromatic N) is 1. The zero-order valence-electron chi connectivity index (χ0n) is 25.1. The number of hydrogen-bond acceptors (Lipinski definition) is 8. The molecule has 1 aromatic heterocycles. The number of carbonyl (C=O) groups is 3. The molecule has 0 radical (unpaired) electrons. The number of aromatic nitrogens is 1. The molecule has 49 heavy (non-hydrogen) atoms. The lowest BCUT2D eigenvalue weighted by Crippen LogP contribution is -2.42. The largest absolute Gasteiger partial charge is 0.508 e. The van der Waals surface area contributed by atoms with Gasteiger partial charge < -0.3 is 20.1 Å². The maximum absolute atomic E-state index is 14.1. The summed E-state index contributed by atoms with van der Waals surface area (Å²) in [4.78, 5) is 57.9. The molecule has 1 saturated heterocycles. The number of thioether (sulfide) groups is 1. The van der Waals surface area contributed by atoms with Crippen molar-refractivity contribution in [2.75, 3.05) is 16.8 Å². The van der Waals surface area contributed by atoms with Crippen LogP contribution in [0.15, 0.2) is 81.0 Å². The average molecular weight is 773 g/mol. The summed E-state index contributed by atoms with van der Waals surface area (Å²) in [5.74, 6) is -3.55. The summed E-state index contributed by atoms with van der Waals surface area (Å²) in [6.07, 6.45) is -4.06. The lowest BCUT2D eigenvalue weighted by molar-refractivity contribution is -0.137. The number of phenols is 1. The number of amides is 3. The lowest BCUT2D eigenvalue weighted by atomic mass is 9.68. The fourth-order valence-electron chi connectivity index (χ4n) is 8.22. The first-order chi connectivity index (χ1) is 23.4. The fourth-order valence-corrected chi connectivity index (χ4v) is 11.5. The maximum atomic E-state index is 14.1. The van der Waals surface area contributed by atoms with Crippen molar-refractivity contribution in [1.82, 2.24) is 4.98 Å². The third-order valence-corrected chi connectivity index (χ3v) is 13.1. The van der Waals surface area contributed by atoms with Crippen LogP contribution in [0.1, 0.15) is 28.3 Å². The second-order valence-corrected chi connectivity index (χ2v) is 15.7. The molecule has 2 aliphatic heterocycles. The Morgan fingerprint density at radius 2 is 1.76 bits per heavy atom. The number of H-pyrrole nitrogens is 1. The van der Waals surface area contributed by atoms with Crippen LogP contribution in [0.5, 0.6) is 11.5 Å². The van der Waals surface area contributed by atoms with Gasteiger partial charge in [0.2, 0.25) is 11.8 Å². The first-order valence-corrected chi connectivity index (χ1v) is 17.8. The topological polar surface area (TPSA) is 129 Å². The molecule has 3 aromatic carbocycles. The van der Waals surface area contributed by atoms with E-state index >= 15 is 0 Å². The molecular weight excluding hydrogens is 747 g/mol. The number of hydrogen-bond donors (Lipinski definition) is 3. The van der Waals surface area contributed by atoms with E-state index in [9.17, 15) is 37.5 Å². The van der Waals surface area contributed by atoms with Crippen LogP contribution in [0, 0.1) is 29.6 Å². The highest BCUT2D eigenvalue weighted by atomic mass is 79.9. The molecule has 0 spiro atoms. The van der Waals surface area contributed by atoms with Gasteiger partial charge in [-0.1, -0.05) is 33.3 Å². The molecule has 3 fully saturated rings. The van der Waals surface area contributed by atoms with Crippen molar-refractivity contribution in [3.63, 3.8) is 0 Å². The van der Waals surface area contributed by atoms with Crippen LogP contribution in [0.2, 0.25) is 0 Å². The van der Waals surface area contributed by atoms with Crippen LogP contribution in [-0.4, -0.2) is 39.7 Å². The number of ether oxygens (including phenoxy) is 1. The van der Waals surface area contributed by atoms with Crippen LogP contribution < -0.4 is 19.8 Å². The highest BCUT2D eigenvalue weighted by molar-refractivity contribution is 9.10. The molecule has 4 aliphatic rings. The fraction of sp³-hybridized carbons (Fsp3) is 0.294. The highest BCUT2D eigenvalue weighted by Crippen LogP contribution is 2.69. The molecule has 4 aromatic rings. The van der Waals surface area contributed by atoms with Crippen molar-refractivity contribution in [1.29, 1.82) is 0 Å². The van der Waals surface area contributed by atoms with Crippen molar-refractivity contribution in [3.8, 4) is 11.5 Å². The number of aromatic hydroxyl groups is 1. The standard InChI is InChI=1S/C34H25BrF3N3O6S2/c35-15-4-9-22(47-13-23(43)39-16-5-7-18(42)8-6-16)19(11-15)24-25-20-12-21(28(25)48-30-29(24)49-33(46)40-30)27-26(20)31(44)41(32(27)45)17-3-1-2-14(10-17)34(36,37)38/h1-11,20-21,24-28,42H,12-13H2,(H,39,43)(H,40,46)/t20-,21-,24+,25-,26+,27+,28-/m1/s1. The minimum Gasteiger partial charge on any atom is -0.508 e. The molecule has 0 unspecified atom stereocenters. The van der Waals surface area contributed by atoms with E-state index in [0.29, 0.717) is 28.4 Å². The van der Waals surface area contributed by atoms with E-state index in [2.05, 4.69) is 26.2 Å². The number of anilines is 2. The van der Waals surface area contributed by atoms with E-state index in [1.165, 1.54) is 36.0 Å². The molecule has 3 amide bonds. The predicted octanol–water partition coefficient (Wildman–Crippen LogP) is 6.62. The summed E-state index contributed by atoms with van der Waals surface area (Å²) in [5.41, 5.74) is 0.141. The van der Waals surface area contributed by atoms with Crippen LogP contribution in [0.4, 0.5) is 24.5 Å². The lowest BCUT2D eigenvalue weighted by Gasteiger charge is -2.43. The summed E-state index contributed by atoms with van der Waals surface area (Å²) < 4.78 is 47.5. The summed E-state index contributed by atoms with van der Waals surface area (Å²) in [6.45, 7) is -0.336. The van der Waals surface area contributed by atoms with Gasteiger partial charge in [0.05, 0.1) is 28.1 Å². The van der Waals surface area contributed by atoms with E-state index in [4.69, 9.17) is 4.74 Å². The van der Waals surface area contributed by atoms with Crippen molar-refractivity contribution in [2.45, 2.75) is 28.8 Å². The number of nitrogens with one attached hydrogen (secondary N) is 2. The molecule has 2 aliphatic carbocycles. The minimum atomic E-state index is -4.64. The number of aromatic amines is 1. The Hall–Kier alpha value is -4.08. The van der Waals surface area contributed by atoms with Crippen molar-refractivity contribution >= 4 is 68.1 Å². The Kier molecular flexibility index (Phi) is 7.72. The molecule has 9 nitrogen and oxygen atoms in total. The maximum Gasteiger partial charge on any atom is 0.416 e. The Morgan fingerprint density at radius 1 is 1.02 bits per heavy atom. The summed E-state index contributed by atoms with van der Waals surface area (Å²) in [7, 11) is 0. The van der Waals surface area contributed by atoms with Gasteiger partial charge in [-0.05, 0) is 84.8 Å². The third kappa shape index (κ3) is 5.37. The number of halogens is 4. The molecule has 2 bridgehead atoms. The smallest absolute Gasteiger partial charge is 0.416 e.